The number of primary amides is 1. The Bertz CT molecular complexity index is 3210. The summed E-state index contributed by atoms with van der Waals surface area (Å²) in [4.78, 5) is 228. The third kappa shape index (κ3) is 26.3. The molecule has 43 heteroatoms. The van der Waals surface area contributed by atoms with E-state index in [2.05, 4.69) is 78.8 Å². The third-order valence-electron chi connectivity index (χ3n) is 17.4. The quantitative estimate of drug-likeness (QED) is 0.0298. The number of carbonyl (C=O) groups is 15. The van der Waals surface area contributed by atoms with Crippen molar-refractivity contribution < 1.29 is 82.1 Å². The summed E-state index contributed by atoms with van der Waals surface area (Å²) in [5.74, 6) is -16.7. The Labute approximate surface area is 621 Å². The van der Waals surface area contributed by atoms with Crippen molar-refractivity contribution in [2.24, 2.45) is 39.8 Å². The first-order valence-corrected chi connectivity index (χ1v) is 40.3. The number of nitrogens with zero attached hydrogens (tertiary/aromatic N) is 4. The van der Waals surface area contributed by atoms with E-state index in [1.807, 2.05) is 0 Å². The number of aliphatic imine (C=N–C) groups is 1. The number of guanidine groups is 1. The first-order chi connectivity index (χ1) is 49.5. The molecule has 580 valence electrons. The standard InChI is InChI=1S/C61H99N21O17S5/c1-7-30(4)46-58(97)76-38(47(63)86)24-101-103-26-40-54(93)74-36(22-83)51(90)73-35(19-32-21-66-28-68-32)59(98)81-16-9-12-42(81)55(94)79-45(29(2)3)57(96)78-41(27-104-102-25-39(52(91)77-40)70-44(85)20-62)53(92)72-33(11-8-15-67-61(64)65)49(88)69-31(5)48(87)71-34(14-18-100-6)50(89)75-37(23-84)60(99)82-17-10-13-43(82)56(95)80-46/h21,28-31,33-43,45-46,83-84H,7-20,22-27,62H2,1-6H3,(H2,63,86)(H,66,68)(H,69,88)(H,70,85)(H,71,87)(H,72,92)(H,73,90)(H,74,93)(H,75,89)(H,76,97)(H,77,91)(H,78,96)(H,79,94)(H,80,95)(H4,64,65,67)/t30-,31-,33-,34-,35-,36-,37-,38-,39-,40-,41-,42-,43-,45-,46-/m0/s1. The molecule has 104 heavy (non-hydrogen) atoms. The molecule has 4 fully saturated rings. The van der Waals surface area contributed by atoms with Crippen molar-refractivity contribution in [2.75, 3.05) is 74.4 Å². The number of carbonyl (C=O) groups excluding carboxylic acids is 15. The van der Waals surface area contributed by atoms with Gasteiger partial charge >= 0.3 is 0 Å². The van der Waals surface area contributed by atoms with Crippen molar-refractivity contribution in [3.05, 3.63) is 18.2 Å². The number of aliphatic hydroxyl groups excluding tert-OH is 2. The van der Waals surface area contributed by atoms with Crippen LogP contribution in [-0.2, 0) is 78.3 Å². The third-order valence-corrected chi connectivity index (χ3v) is 22.9. The summed E-state index contributed by atoms with van der Waals surface area (Å²) in [7, 11) is 3.49. The van der Waals surface area contributed by atoms with E-state index < -0.39 is 211 Å². The van der Waals surface area contributed by atoms with Gasteiger partial charge in [0.05, 0.1) is 26.1 Å². The fourth-order valence-corrected chi connectivity index (χ4v) is 16.4. The molecule has 1 aromatic heterocycles. The highest BCUT2D eigenvalue weighted by atomic mass is 33.1. The number of aliphatic hydroxyl groups is 2. The molecule has 15 amide bonds. The smallest absolute Gasteiger partial charge is 0.248 e. The molecule has 0 unspecified atom stereocenters. The minimum atomic E-state index is -1.83. The second-order valence-electron chi connectivity index (χ2n) is 25.4. The van der Waals surface area contributed by atoms with Crippen molar-refractivity contribution in [3.63, 3.8) is 0 Å². The Kier molecular flexibility index (Phi) is 36.4. The zero-order valence-electron chi connectivity index (χ0n) is 58.7. The van der Waals surface area contributed by atoms with E-state index in [4.69, 9.17) is 22.9 Å². The summed E-state index contributed by atoms with van der Waals surface area (Å²) in [6.07, 6.45) is 5.00. The van der Waals surface area contributed by atoms with Crippen LogP contribution < -0.4 is 86.7 Å². The lowest BCUT2D eigenvalue weighted by atomic mass is 9.97. The van der Waals surface area contributed by atoms with Gasteiger partial charge in [-0.25, -0.2) is 4.98 Å². The molecule has 0 saturated carbocycles. The van der Waals surface area contributed by atoms with Gasteiger partial charge in [0.25, 0.3) is 0 Å². The van der Waals surface area contributed by atoms with Gasteiger partial charge in [-0.15, -0.1) is 0 Å². The number of nitrogens with two attached hydrogens (primary N) is 4. The molecule has 4 aliphatic rings. The summed E-state index contributed by atoms with van der Waals surface area (Å²) < 4.78 is 0. The number of thioether (sulfide) groups is 1. The molecular weight excluding hydrogens is 1460 g/mol. The summed E-state index contributed by atoms with van der Waals surface area (Å²) in [6.45, 7) is 5.09. The van der Waals surface area contributed by atoms with E-state index in [-0.39, 0.29) is 100.0 Å². The number of rotatable bonds is 17. The lowest BCUT2D eigenvalue weighted by Gasteiger charge is -2.31. The summed E-state index contributed by atoms with van der Waals surface area (Å²) in [5, 5.41) is 52.4. The number of H-pyrrole nitrogens is 1. The fraction of sp³-hybridized carbons (Fsp3) is 0.689. The molecule has 1 aromatic rings. The highest BCUT2D eigenvalue weighted by molar-refractivity contribution is 8.77. The molecule has 15 atom stereocenters. The number of amides is 15. The van der Waals surface area contributed by atoms with E-state index >= 15 is 0 Å². The van der Waals surface area contributed by atoms with E-state index in [1.54, 1.807) is 34.0 Å². The maximum Gasteiger partial charge on any atom is 0.248 e. The normalized spacial score (nSPS) is 28.5. The first-order valence-electron chi connectivity index (χ1n) is 33.9. The van der Waals surface area contributed by atoms with Gasteiger partial charge in [0.2, 0.25) is 88.6 Å². The average molecular weight is 1560 g/mol. The van der Waals surface area contributed by atoms with E-state index in [1.165, 1.54) is 36.1 Å². The lowest BCUT2D eigenvalue weighted by molar-refractivity contribution is -0.143. The highest BCUT2D eigenvalue weighted by Gasteiger charge is 2.44. The number of hydrogen-bond acceptors (Lipinski definition) is 25. The SMILES string of the molecule is CC[C@H](C)[C@@H]1NC(=O)[C@@H]2CCCN2C(=O)[C@H](CO)NC(=O)[C@H](CCSC)NC(=O)[C@H](C)NC(=O)[C@H](CCCN=C(N)N)NC(=O)[C@@H]2CSSC[C@H](NC(=O)CN)C(=O)N[C@@H](CSSC[C@@H](C(N)=O)NC1=O)C(=O)N[C@@H](CO)C(=O)N[C@@H](Cc1cnc[nH]1)C(=O)N1CCC[C@H]1C(=O)N[C@@H](C(C)C)C(=O)N2. The molecule has 5 rings (SSSR count). The molecule has 4 saturated heterocycles. The summed E-state index contributed by atoms with van der Waals surface area (Å²) >= 11 is 1.31. The number of hydrogen-bond donors (Lipinski definition) is 19. The number of nitrogens with one attached hydrogen (secondary N) is 13. The number of fused-ring (bicyclic) bond motifs is 10. The molecular formula is C61H99N21O17S5. The predicted molar refractivity (Wildman–Crippen MR) is 390 cm³/mol. The van der Waals surface area contributed by atoms with Crippen LogP contribution in [0.2, 0.25) is 0 Å². The molecule has 0 radical (unpaired) electrons. The van der Waals surface area contributed by atoms with Crippen molar-refractivity contribution in [1.29, 1.82) is 0 Å². The minimum absolute atomic E-state index is 0.0103. The van der Waals surface area contributed by atoms with Crippen molar-refractivity contribution in [1.82, 2.24) is 83.6 Å². The van der Waals surface area contributed by atoms with Crippen molar-refractivity contribution >= 4 is 150 Å². The topological polar surface area (TPSA) is 592 Å². The Morgan fingerprint density at radius 3 is 1.67 bits per heavy atom. The van der Waals surface area contributed by atoms with E-state index in [0.717, 1.165) is 48.1 Å². The van der Waals surface area contributed by atoms with Gasteiger partial charge in [-0.2, -0.15) is 11.8 Å². The molecule has 38 nitrogen and oxygen atoms in total. The average Bonchev–Trinajstić information content (AvgIpc) is 1.65. The maximum atomic E-state index is 14.9. The number of imidazole rings is 1. The molecule has 0 aromatic carbocycles. The lowest BCUT2D eigenvalue weighted by Crippen LogP contribution is -2.62. The Balaban J connectivity index is 1.66. The molecule has 4 aliphatic heterocycles. The zero-order valence-corrected chi connectivity index (χ0v) is 62.8. The number of aromatic amines is 1. The minimum Gasteiger partial charge on any atom is -0.394 e. The van der Waals surface area contributed by atoms with Crippen LogP contribution in [0, 0.1) is 11.8 Å². The van der Waals surface area contributed by atoms with Gasteiger partial charge in [0.1, 0.15) is 84.6 Å². The van der Waals surface area contributed by atoms with Crippen LogP contribution >= 0.6 is 54.9 Å². The van der Waals surface area contributed by atoms with Crippen LogP contribution in [-0.4, -0.2) is 284 Å². The Morgan fingerprint density at radius 1 is 0.615 bits per heavy atom. The summed E-state index contributed by atoms with van der Waals surface area (Å²) in [6, 6.07) is -20.9. The van der Waals surface area contributed by atoms with E-state index in [9.17, 15) is 82.1 Å². The van der Waals surface area contributed by atoms with Gasteiger partial charge in [-0.3, -0.25) is 76.9 Å². The van der Waals surface area contributed by atoms with Crippen LogP contribution in [0.15, 0.2) is 17.5 Å². The summed E-state index contributed by atoms with van der Waals surface area (Å²) in [5.41, 5.74) is 23.1. The first kappa shape index (κ1) is 86.8. The predicted octanol–water partition coefficient (Wildman–Crippen LogP) is -7.50. The second kappa shape index (κ2) is 43.6. The van der Waals surface area contributed by atoms with Gasteiger partial charge in [0, 0.05) is 61.0 Å². The van der Waals surface area contributed by atoms with Crippen LogP contribution in [0.1, 0.15) is 91.7 Å². The Hall–Kier alpha value is -7.84. The van der Waals surface area contributed by atoms with Crippen LogP contribution in [0.3, 0.4) is 0 Å². The van der Waals surface area contributed by atoms with Gasteiger partial charge < -0.3 is 112 Å². The van der Waals surface area contributed by atoms with E-state index in [0.29, 0.717) is 12.1 Å². The largest absolute Gasteiger partial charge is 0.394 e. The van der Waals surface area contributed by atoms with Crippen LogP contribution in [0.4, 0.5) is 0 Å². The van der Waals surface area contributed by atoms with Gasteiger partial charge in [0.15, 0.2) is 5.96 Å². The van der Waals surface area contributed by atoms with Crippen LogP contribution in [0.25, 0.3) is 0 Å². The van der Waals surface area contributed by atoms with Gasteiger partial charge in [-0.1, -0.05) is 77.3 Å². The molecule has 2 bridgehead atoms. The Morgan fingerprint density at radius 2 is 1.12 bits per heavy atom. The second-order valence-corrected chi connectivity index (χ2v) is 31.5. The van der Waals surface area contributed by atoms with Gasteiger partial charge in [-0.05, 0) is 75.7 Å². The molecule has 5 heterocycles. The van der Waals surface area contributed by atoms with Crippen LogP contribution in [0.5, 0.6) is 0 Å². The molecule has 0 aliphatic carbocycles. The molecule has 0 spiro atoms. The zero-order chi connectivity index (χ0) is 76.9. The number of aromatic nitrogens is 2. The van der Waals surface area contributed by atoms with Crippen molar-refractivity contribution in [3.8, 4) is 0 Å². The fourth-order valence-electron chi connectivity index (χ4n) is 11.2. The van der Waals surface area contributed by atoms with Crippen molar-refractivity contribution in [2.45, 2.75) is 177 Å². The monoisotopic (exact) mass is 1560 g/mol. The maximum absolute atomic E-state index is 14.9. The highest BCUT2D eigenvalue weighted by Crippen LogP contribution is 2.27. The molecule has 23 N–H and O–H groups in total.